The van der Waals surface area contributed by atoms with Crippen LogP contribution in [0.25, 0.3) is 23.0 Å². The van der Waals surface area contributed by atoms with Gasteiger partial charge in [0.05, 0.1) is 17.4 Å². The molecule has 1 aliphatic rings. The van der Waals surface area contributed by atoms with Gasteiger partial charge in [-0.1, -0.05) is 54.1 Å². The van der Waals surface area contributed by atoms with Crippen LogP contribution in [0.1, 0.15) is 47.4 Å². The van der Waals surface area contributed by atoms with E-state index in [1.807, 2.05) is 42.2 Å². The number of carbonyl (C=O) groups excluding carboxylic acids is 1. The van der Waals surface area contributed by atoms with Gasteiger partial charge in [-0.3, -0.25) is 10.1 Å². The van der Waals surface area contributed by atoms with Crippen molar-refractivity contribution in [3.63, 3.8) is 0 Å². The lowest BCUT2D eigenvalue weighted by atomic mass is 9.83. The first-order valence-corrected chi connectivity index (χ1v) is 14.5. The smallest absolute Gasteiger partial charge is 0.409 e. The van der Waals surface area contributed by atoms with Crippen LogP contribution in [0, 0.1) is 6.92 Å². The van der Waals surface area contributed by atoms with Crippen molar-refractivity contribution in [3.05, 3.63) is 113 Å². The zero-order chi connectivity index (χ0) is 30.6. The van der Waals surface area contributed by atoms with Crippen molar-refractivity contribution in [2.24, 2.45) is 0 Å². The third-order valence-corrected chi connectivity index (χ3v) is 7.96. The number of hydrogen-bond acceptors (Lipinski definition) is 6. The number of H-pyrrole nitrogens is 1. The number of piperidine rings is 1. The molecular formula is C32H29ClN8O3. The van der Waals surface area contributed by atoms with Gasteiger partial charge in [0.2, 0.25) is 5.91 Å². The number of hydrogen-bond donors (Lipinski definition) is 3. The van der Waals surface area contributed by atoms with E-state index in [1.165, 1.54) is 11.0 Å². The number of nitrogens with zero attached hydrogens (tertiary/aromatic N) is 6. The molecule has 2 unspecified atom stereocenters. The van der Waals surface area contributed by atoms with E-state index in [0.29, 0.717) is 34.3 Å². The van der Waals surface area contributed by atoms with Crippen molar-refractivity contribution in [1.29, 1.82) is 0 Å². The summed E-state index contributed by atoms with van der Waals surface area (Å²) in [5.41, 5.74) is 5.42. The Kier molecular flexibility index (Phi) is 8.20. The van der Waals surface area contributed by atoms with E-state index in [2.05, 4.69) is 38.0 Å². The average Bonchev–Trinajstić information content (AvgIpc) is 3.70. The molecule has 2 aromatic heterocycles. The van der Waals surface area contributed by atoms with Gasteiger partial charge in [0.15, 0.2) is 0 Å². The normalized spacial score (nSPS) is 16.7. The molecule has 3 N–H and O–H groups in total. The summed E-state index contributed by atoms with van der Waals surface area (Å²) < 4.78 is 1.52. The van der Waals surface area contributed by atoms with Crippen LogP contribution in [0.15, 0.2) is 85.2 Å². The largest absolute Gasteiger partial charge is 0.465 e. The summed E-state index contributed by atoms with van der Waals surface area (Å²) in [4.78, 5) is 35.4. The number of halogens is 1. The van der Waals surface area contributed by atoms with Crippen LogP contribution in [0.2, 0.25) is 5.02 Å². The lowest BCUT2D eigenvalue weighted by Gasteiger charge is -2.40. The molecule has 2 atom stereocenters. The average molecular weight is 609 g/mol. The second kappa shape index (κ2) is 12.5. The van der Waals surface area contributed by atoms with Crippen molar-refractivity contribution in [2.45, 2.75) is 31.7 Å². The molecule has 222 valence electrons. The van der Waals surface area contributed by atoms with E-state index in [9.17, 15) is 9.59 Å². The summed E-state index contributed by atoms with van der Waals surface area (Å²) in [7, 11) is 0. The Labute approximate surface area is 258 Å². The Morgan fingerprint density at radius 1 is 1.09 bits per heavy atom. The maximum atomic E-state index is 14.0. The molecule has 2 amide bonds. The van der Waals surface area contributed by atoms with Gasteiger partial charge in [0.1, 0.15) is 12.2 Å². The Morgan fingerprint density at radius 2 is 1.89 bits per heavy atom. The van der Waals surface area contributed by atoms with Crippen LogP contribution < -0.4 is 5.32 Å². The number of likely N-dealkylation sites (tertiary alicyclic amines) is 1. The minimum Gasteiger partial charge on any atom is -0.465 e. The number of carbonyl (C=O) groups is 2. The second-order valence-electron chi connectivity index (χ2n) is 10.5. The quantitative estimate of drug-likeness (QED) is 0.185. The van der Waals surface area contributed by atoms with Crippen LogP contribution >= 0.6 is 11.6 Å². The minimum absolute atomic E-state index is 0.0193. The number of nitrogens with one attached hydrogen (secondary N) is 2. The number of carboxylic acid groups (broad SMARTS) is 1. The maximum absolute atomic E-state index is 14.0. The molecule has 1 aliphatic heterocycles. The van der Waals surface area contributed by atoms with Crippen LogP contribution in [-0.2, 0) is 4.79 Å². The van der Waals surface area contributed by atoms with Crippen molar-refractivity contribution in [1.82, 2.24) is 35.1 Å². The Balaban J connectivity index is 1.35. The van der Waals surface area contributed by atoms with E-state index in [1.54, 1.807) is 42.5 Å². The predicted molar refractivity (Wildman–Crippen MR) is 166 cm³/mol. The third-order valence-electron chi connectivity index (χ3n) is 7.73. The number of tetrazole rings is 1. The first-order valence-electron chi connectivity index (χ1n) is 14.1. The molecule has 0 aliphatic carbocycles. The highest BCUT2D eigenvalue weighted by Crippen LogP contribution is 2.42. The Morgan fingerprint density at radius 3 is 2.61 bits per heavy atom. The first kappa shape index (κ1) is 28.8. The van der Waals surface area contributed by atoms with Crippen molar-refractivity contribution >= 4 is 35.4 Å². The summed E-state index contributed by atoms with van der Waals surface area (Å²) in [6, 6.07) is 22.2. The number of aromatic amines is 1. The van der Waals surface area contributed by atoms with Gasteiger partial charge in [-0.15, -0.1) is 5.10 Å². The molecule has 0 radical (unpaired) electrons. The van der Waals surface area contributed by atoms with Crippen LogP contribution in [0.5, 0.6) is 0 Å². The fourth-order valence-corrected chi connectivity index (χ4v) is 5.95. The van der Waals surface area contributed by atoms with E-state index < -0.39 is 6.09 Å². The molecule has 5 aromatic rings. The van der Waals surface area contributed by atoms with Crippen molar-refractivity contribution in [3.8, 4) is 16.9 Å². The summed E-state index contributed by atoms with van der Waals surface area (Å²) in [6.45, 7) is 2.51. The summed E-state index contributed by atoms with van der Waals surface area (Å²) in [5.74, 6) is 0.557. The van der Waals surface area contributed by atoms with Gasteiger partial charge in [0, 0.05) is 46.1 Å². The fraction of sp³-hybridized carbons (Fsp3) is 0.188. The highest BCUT2D eigenvalue weighted by atomic mass is 35.5. The highest BCUT2D eigenvalue weighted by molar-refractivity contribution is 6.30. The molecule has 3 aromatic carbocycles. The molecule has 11 nitrogen and oxygen atoms in total. The molecule has 12 heteroatoms. The molecule has 0 saturated carbocycles. The second-order valence-corrected chi connectivity index (χ2v) is 11.0. The van der Waals surface area contributed by atoms with Gasteiger partial charge in [0.25, 0.3) is 0 Å². The maximum Gasteiger partial charge on any atom is 0.409 e. The van der Waals surface area contributed by atoms with E-state index in [0.717, 1.165) is 35.4 Å². The number of rotatable bonds is 7. The molecule has 3 heterocycles. The van der Waals surface area contributed by atoms with Crippen LogP contribution in [0.4, 0.5) is 10.5 Å². The molecule has 1 fully saturated rings. The lowest BCUT2D eigenvalue weighted by Crippen LogP contribution is -2.41. The standard InChI is InChI=1S/C32H29ClN8O3/c1-20-29(22-9-13-25(14-10-22)36-32(43)44)37-31(35-20)30-26(21-6-3-2-4-7-21)8-5-17-40(30)28(42)16-11-23-18-24(33)12-15-27(23)41-19-34-38-39-41/h2-4,6-7,9-16,18-19,26,30,36H,5,8,17H2,1H3,(H,35,37)(H,43,44)/b16-11+. The number of imidazole rings is 1. The zero-order valence-electron chi connectivity index (χ0n) is 23.8. The lowest BCUT2D eigenvalue weighted by molar-refractivity contribution is -0.130. The van der Waals surface area contributed by atoms with Gasteiger partial charge in [-0.25, -0.2) is 9.78 Å². The van der Waals surface area contributed by atoms with Crippen molar-refractivity contribution in [2.75, 3.05) is 11.9 Å². The Hall–Kier alpha value is -5.29. The topological polar surface area (TPSA) is 142 Å². The molecule has 6 rings (SSSR count). The molecule has 0 spiro atoms. The number of benzene rings is 3. The minimum atomic E-state index is -1.12. The van der Waals surface area contributed by atoms with E-state index in [4.69, 9.17) is 21.7 Å². The predicted octanol–water partition coefficient (Wildman–Crippen LogP) is 6.26. The first-order chi connectivity index (χ1) is 21.4. The number of amides is 2. The third kappa shape index (κ3) is 6.09. The summed E-state index contributed by atoms with van der Waals surface area (Å²) in [5, 5.41) is 23.3. The molecule has 1 saturated heterocycles. The number of aromatic nitrogens is 6. The van der Waals surface area contributed by atoms with Gasteiger partial charge >= 0.3 is 6.09 Å². The summed E-state index contributed by atoms with van der Waals surface area (Å²) >= 11 is 6.30. The molecular weight excluding hydrogens is 580 g/mol. The van der Waals surface area contributed by atoms with E-state index in [-0.39, 0.29) is 17.9 Å². The van der Waals surface area contributed by atoms with Crippen LogP contribution in [-0.4, -0.2) is 58.7 Å². The SMILES string of the molecule is Cc1[nH]c(C2C(c3ccccc3)CCCN2C(=O)/C=C/c2cc(Cl)ccc2-n2cnnn2)nc1-c1ccc(NC(=O)O)cc1. The van der Waals surface area contributed by atoms with Gasteiger partial charge in [-0.2, -0.15) is 4.68 Å². The fourth-order valence-electron chi connectivity index (χ4n) is 5.77. The van der Waals surface area contributed by atoms with E-state index >= 15 is 0 Å². The Bertz CT molecular complexity index is 1800. The number of anilines is 1. The monoisotopic (exact) mass is 608 g/mol. The molecule has 44 heavy (non-hydrogen) atoms. The summed E-state index contributed by atoms with van der Waals surface area (Å²) in [6.07, 6.45) is 5.39. The highest BCUT2D eigenvalue weighted by Gasteiger charge is 2.38. The van der Waals surface area contributed by atoms with Gasteiger partial charge in [-0.05, 0) is 72.2 Å². The number of aryl methyl sites for hydroxylation is 1. The van der Waals surface area contributed by atoms with Crippen molar-refractivity contribution < 1.29 is 14.7 Å². The zero-order valence-corrected chi connectivity index (χ0v) is 24.5. The van der Waals surface area contributed by atoms with Gasteiger partial charge < -0.3 is 15.0 Å². The molecule has 0 bridgehead atoms. The van der Waals surface area contributed by atoms with Crippen LogP contribution in [0.3, 0.4) is 0 Å².